The minimum absolute atomic E-state index is 0.0125. The molecule has 0 saturated heterocycles. The molecular weight excluding hydrogens is 817 g/mol. The lowest BCUT2D eigenvalue weighted by Gasteiger charge is -2.42. The second kappa shape index (κ2) is 16.0. The predicted octanol–water partition coefficient (Wildman–Crippen LogP) is 19.1. The third-order valence-corrected chi connectivity index (χ3v) is 16.5. The third-order valence-electron chi connectivity index (χ3n) is 15.6. The van der Waals surface area contributed by atoms with Crippen LogP contribution in [0.4, 0.5) is 34.1 Å². The number of aryl methyl sites for hydroxylation is 1. The van der Waals surface area contributed by atoms with Crippen LogP contribution in [0.1, 0.15) is 162 Å². The van der Waals surface area contributed by atoms with E-state index in [9.17, 15) is 0 Å². The van der Waals surface area contributed by atoms with E-state index >= 15 is 0 Å². The lowest BCUT2D eigenvalue weighted by molar-refractivity contribution is 0.332. The number of fused-ring (bicyclic) bond motifs is 3. The molecule has 0 aliphatic heterocycles. The average Bonchev–Trinajstić information content (AvgIpc) is 3.66. The van der Waals surface area contributed by atoms with Crippen molar-refractivity contribution in [1.29, 1.82) is 0 Å². The molecule has 1 aromatic heterocycles. The van der Waals surface area contributed by atoms with Gasteiger partial charge in [0.1, 0.15) is 0 Å². The summed E-state index contributed by atoms with van der Waals surface area (Å²) in [5.41, 5.74) is 19.8. The molecule has 0 saturated carbocycles. The number of rotatable bonds is 7. The Bertz CT molecular complexity index is 2940. The van der Waals surface area contributed by atoms with Crippen LogP contribution in [0, 0.1) is 6.92 Å². The van der Waals surface area contributed by atoms with Crippen LogP contribution in [0.15, 0.2) is 127 Å². The lowest BCUT2D eigenvalue weighted by atomic mass is 9.63. The molecule has 3 heteroatoms. The summed E-state index contributed by atoms with van der Waals surface area (Å²) in [7, 11) is 0. The first-order valence-electron chi connectivity index (χ1n) is 24.6. The van der Waals surface area contributed by atoms with Crippen LogP contribution in [0.2, 0.25) is 0 Å². The number of nitrogens with zero attached hydrogens (tertiary/aromatic N) is 2. The zero-order valence-corrected chi connectivity index (χ0v) is 43.6. The Balaban J connectivity index is 1.32. The van der Waals surface area contributed by atoms with Gasteiger partial charge in [-0.2, -0.15) is 0 Å². The molecule has 1 heterocycles. The zero-order chi connectivity index (χ0) is 47.4. The largest absolute Gasteiger partial charge is 0.310 e. The molecule has 0 fully saturated rings. The molecule has 0 radical (unpaired) electrons. The molecule has 9 rings (SSSR count). The molecule has 0 bridgehead atoms. The molecule has 2 aliphatic rings. The van der Waals surface area contributed by atoms with Crippen LogP contribution in [0.25, 0.3) is 21.2 Å². The van der Waals surface area contributed by atoms with Crippen molar-refractivity contribution in [3.8, 4) is 11.1 Å². The smallest absolute Gasteiger partial charge is 0.0647 e. The fourth-order valence-electron chi connectivity index (χ4n) is 11.0. The van der Waals surface area contributed by atoms with Crippen molar-refractivity contribution in [1.82, 2.24) is 0 Å². The van der Waals surface area contributed by atoms with Gasteiger partial charge in [0.15, 0.2) is 0 Å². The van der Waals surface area contributed by atoms with Gasteiger partial charge in [-0.3, -0.25) is 0 Å². The maximum absolute atomic E-state index is 2.57. The lowest BCUT2D eigenvalue weighted by Crippen LogP contribution is -2.34. The van der Waals surface area contributed by atoms with E-state index in [1.54, 1.807) is 0 Å². The van der Waals surface area contributed by atoms with E-state index in [1.807, 2.05) is 11.3 Å². The second-order valence-corrected chi connectivity index (χ2v) is 25.5. The molecule has 0 N–H and O–H groups in total. The zero-order valence-electron chi connectivity index (χ0n) is 42.8. The number of thiophene rings is 1. The minimum Gasteiger partial charge on any atom is -0.310 e. The van der Waals surface area contributed by atoms with E-state index in [0.29, 0.717) is 0 Å². The first-order chi connectivity index (χ1) is 30.8. The summed E-state index contributed by atoms with van der Waals surface area (Å²) >= 11 is 1.88. The van der Waals surface area contributed by atoms with Crippen molar-refractivity contribution in [2.24, 2.45) is 0 Å². The van der Waals surface area contributed by atoms with Crippen molar-refractivity contribution in [3.05, 3.63) is 166 Å². The van der Waals surface area contributed by atoms with Crippen LogP contribution in [0.3, 0.4) is 0 Å². The number of hydrogen-bond donors (Lipinski definition) is 0. The molecule has 7 aromatic rings. The Morgan fingerprint density at radius 2 is 0.939 bits per heavy atom. The number of benzene rings is 6. The van der Waals surface area contributed by atoms with Gasteiger partial charge < -0.3 is 9.80 Å². The van der Waals surface area contributed by atoms with Gasteiger partial charge in [0.2, 0.25) is 0 Å². The normalized spacial score (nSPS) is 17.3. The maximum atomic E-state index is 2.57. The van der Waals surface area contributed by atoms with Crippen LogP contribution >= 0.6 is 11.3 Å². The average molecular weight is 891 g/mol. The Morgan fingerprint density at radius 1 is 0.439 bits per heavy atom. The van der Waals surface area contributed by atoms with Gasteiger partial charge in [0.25, 0.3) is 0 Å². The van der Waals surface area contributed by atoms with E-state index < -0.39 is 0 Å². The summed E-state index contributed by atoms with van der Waals surface area (Å²) in [6, 6.07) is 47.3. The van der Waals surface area contributed by atoms with Gasteiger partial charge in [-0.25, -0.2) is 0 Å². The van der Waals surface area contributed by atoms with Crippen molar-refractivity contribution in [2.75, 3.05) is 9.80 Å². The van der Waals surface area contributed by atoms with Crippen molar-refractivity contribution < 1.29 is 0 Å². The number of hydrogen-bond acceptors (Lipinski definition) is 3. The Labute approximate surface area is 402 Å². The summed E-state index contributed by atoms with van der Waals surface area (Å²) in [5.74, 6) is 0. The number of anilines is 6. The fourth-order valence-corrected chi connectivity index (χ4v) is 11.9. The summed E-state index contributed by atoms with van der Waals surface area (Å²) in [5, 5.41) is 3.74. The second-order valence-electron chi connectivity index (χ2n) is 24.6. The van der Waals surface area contributed by atoms with Gasteiger partial charge in [-0.05, 0) is 176 Å². The SMILES string of the molecule is Cc1cc(N(c2ccc3c(c2)C(C)(C)CCC3(C)C)c2ccc(C(C)(C)C)cc2-c2ccccc2)cc(N(c2ccc(C(C)(C)C)cc2)c2csc3cc4c(cc23)C(C)(C)CCC4(C)C)c1. The Hall–Kier alpha value is -5.12. The quantitative estimate of drug-likeness (QED) is 0.157. The monoisotopic (exact) mass is 891 g/mol. The van der Waals surface area contributed by atoms with Crippen LogP contribution in [-0.4, -0.2) is 0 Å². The van der Waals surface area contributed by atoms with Crippen molar-refractivity contribution >= 4 is 55.5 Å². The summed E-state index contributed by atoms with van der Waals surface area (Å²) in [4.78, 5) is 5.11. The maximum Gasteiger partial charge on any atom is 0.0647 e. The molecule has 0 amide bonds. The molecule has 2 aliphatic carbocycles. The van der Waals surface area contributed by atoms with E-state index in [2.05, 4.69) is 240 Å². The molecule has 342 valence electrons. The summed E-state index contributed by atoms with van der Waals surface area (Å²) < 4.78 is 1.35. The molecular formula is C63H74N2S. The van der Waals surface area contributed by atoms with Crippen LogP contribution in [-0.2, 0) is 32.5 Å². The van der Waals surface area contributed by atoms with Crippen molar-refractivity contribution in [2.45, 2.75) is 162 Å². The molecule has 6 aromatic carbocycles. The molecule has 0 atom stereocenters. The highest BCUT2D eigenvalue weighted by molar-refractivity contribution is 7.17. The minimum atomic E-state index is -0.0125. The molecule has 66 heavy (non-hydrogen) atoms. The molecule has 0 unspecified atom stereocenters. The summed E-state index contributed by atoms with van der Waals surface area (Å²) in [6.07, 6.45) is 4.74. The van der Waals surface area contributed by atoms with Gasteiger partial charge in [-0.1, -0.05) is 152 Å². The van der Waals surface area contributed by atoms with Gasteiger partial charge >= 0.3 is 0 Å². The van der Waals surface area contributed by atoms with Crippen LogP contribution in [0.5, 0.6) is 0 Å². The highest BCUT2D eigenvalue weighted by Gasteiger charge is 2.39. The van der Waals surface area contributed by atoms with Gasteiger partial charge in [0.05, 0.1) is 11.4 Å². The van der Waals surface area contributed by atoms with Crippen LogP contribution < -0.4 is 9.80 Å². The highest BCUT2D eigenvalue weighted by Crippen LogP contribution is 2.53. The van der Waals surface area contributed by atoms with E-state index in [4.69, 9.17) is 0 Å². The highest BCUT2D eigenvalue weighted by atomic mass is 32.1. The van der Waals surface area contributed by atoms with Gasteiger partial charge in [-0.15, -0.1) is 11.3 Å². The summed E-state index contributed by atoms with van der Waals surface area (Å²) in [6.45, 7) is 35.7. The predicted molar refractivity (Wildman–Crippen MR) is 289 cm³/mol. The third kappa shape index (κ3) is 8.33. The topological polar surface area (TPSA) is 6.48 Å². The van der Waals surface area contributed by atoms with Gasteiger partial charge in [0, 0.05) is 43.8 Å². The Morgan fingerprint density at radius 3 is 1.52 bits per heavy atom. The van der Waals surface area contributed by atoms with E-state index in [-0.39, 0.29) is 32.5 Å². The fraction of sp³-hybridized carbons (Fsp3) is 0.397. The van der Waals surface area contributed by atoms with E-state index in [0.717, 1.165) is 17.8 Å². The molecule has 0 spiro atoms. The first-order valence-corrected chi connectivity index (χ1v) is 25.5. The Kier molecular flexibility index (Phi) is 11.2. The van der Waals surface area contributed by atoms with Crippen molar-refractivity contribution in [3.63, 3.8) is 0 Å². The first kappa shape index (κ1) is 46.0. The molecule has 2 nitrogen and oxygen atoms in total. The van der Waals surface area contributed by atoms with E-state index in [1.165, 1.54) is 102 Å². The standard InChI is InChI=1S/C63H74N2S/c1-41-33-47(64(45-24-21-43(22-25-45)58(2,3)4)56-40-66-57-39-54-53(38-50(56)57)62(12,13)31-32-63(54,14)15)36-48(34-41)65(46-26-27-51-52(37-46)61(10,11)30-29-60(51,8)9)55-28-23-44(59(5,6)7)35-49(55)42-19-17-16-18-20-42/h16-28,33-40H,29-32H2,1-15H3.